The Balaban J connectivity index is 2.30. The lowest BCUT2D eigenvalue weighted by Crippen LogP contribution is -2.38. The lowest BCUT2D eigenvalue weighted by molar-refractivity contribution is 0.0256. The van der Waals surface area contributed by atoms with Crippen molar-refractivity contribution >= 4 is 6.09 Å². The van der Waals surface area contributed by atoms with Gasteiger partial charge in [0.2, 0.25) is 0 Å². The summed E-state index contributed by atoms with van der Waals surface area (Å²) in [5.41, 5.74) is -0.425. The number of ether oxygens (including phenoxy) is 1. The predicted molar refractivity (Wildman–Crippen MR) is 79.8 cm³/mol. The van der Waals surface area contributed by atoms with Gasteiger partial charge >= 0.3 is 6.09 Å². The maximum atomic E-state index is 12.0. The molecule has 1 unspecified atom stereocenters. The summed E-state index contributed by atoms with van der Waals surface area (Å²) in [5, 5.41) is 12.3. The average molecular weight is 286 g/mol. The van der Waals surface area contributed by atoms with E-state index < -0.39 is 5.60 Å². The fourth-order valence-electron chi connectivity index (χ4n) is 2.35. The van der Waals surface area contributed by atoms with E-state index in [2.05, 4.69) is 5.32 Å². The van der Waals surface area contributed by atoms with Crippen molar-refractivity contribution in [3.8, 4) is 0 Å². The third-order valence-electron chi connectivity index (χ3n) is 3.40. The molecule has 5 heteroatoms. The van der Waals surface area contributed by atoms with Crippen LogP contribution in [0, 0.1) is 0 Å². The molecule has 0 aromatic heterocycles. The highest BCUT2D eigenvalue weighted by Crippen LogP contribution is 2.15. The number of rotatable bonds is 5. The topological polar surface area (TPSA) is 61.8 Å². The Labute approximate surface area is 122 Å². The molecule has 0 aliphatic carbocycles. The first-order valence-electron chi connectivity index (χ1n) is 7.74. The van der Waals surface area contributed by atoms with Crippen molar-refractivity contribution in [2.45, 2.75) is 64.5 Å². The van der Waals surface area contributed by atoms with Crippen LogP contribution < -0.4 is 5.32 Å². The molecular weight excluding hydrogens is 256 g/mol. The molecule has 1 rings (SSSR count). The second-order valence-corrected chi connectivity index (χ2v) is 6.48. The predicted octanol–water partition coefficient (Wildman–Crippen LogP) is 2.14. The summed E-state index contributed by atoms with van der Waals surface area (Å²) in [6.07, 6.45) is 4.73. The number of aliphatic hydroxyl groups excluding tert-OH is 1. The van der Waals surface area contributed by atoms with Gasteiger partial charge in [-0.25, -0.2) is 4.79 Å². The molecular formula is C15H30N2O3. The highest BCUT2D eigenvalue weighted by atomic mass is 16.6. The van der Waals surface area contributed by atoms with E-state index in [1.54, 1.807) is 0 Å². The van der Waals surface area contributed by atoms with Gasteiger partial charge in [-0.05, 0) is 59.4 Å². The first-order valence-corrected chi connectivity index (χ1v) is 7.74. The van der Waals surface area contributed by atoms with E-state index in [0.29, 0.717) is 6.04 Å². The molecule has 0 bridgehead atoms. The van der Waals surface area contributed by atoms with Crippen LogP contribution in [0.1, 0.15) is 52.9 Å². The third kappa shape index (κ3) is 7.10. The van der Waals surface area contributed by atoms with Gasteiger partial charge in [-0.3, -0.25) is 0 Å². The third-order valence-corrected chi connectivity index (χ3v) is 3.40. The summed E-state index contributed by atoms with van der Waals surface area (Å²) in [4.78, 5) is 13.8. The van der Waals surface area contributed by atoms with E-state index in [1.807, 2.05) is 25.7 Å². The molecule has 118 valence electrons. The normalized spacial score (nSPS) is 20.6. The number of aliphatic hydroxyl groups is 1. The van der Waals surface area contributed by atoms with Gasteiger partial charge in [0.25, 0.3) is 0 Å². The van der Waals surface area contributed by atoms with Crippen LogP contribution in [0.15, 0.2) is 0 Å². The molecule has 1 aliphatic heterocycles. The standard InChI is InChI=1S/C15H30N2O3/c1-15(2,3)20-14(19)17-10-6-7-13(8-11-17)16-9-4-5-12-18/h13,16,18H,4-12H2,1-3H3. The number of likely N-dealkylation sites (tertiary alicyclic amines) is 1. The van der Waals surface area contributed by atoms with E-state index in [1.165, 1.54) is 0 Å². The molecule has 1 amide bonds. The average Bonchev–Trinajstić information content (AvgIpc) is 2.58. The second kappa shape index (κ2) is 8.47. The zero-order chi connectivity index (χ0) is 15.0. The lowest BCUT2D eigenvalue weighted by Gasteiger charge is -2.26. The summed E-state index contributed by atoms with van der Waals surface area (Å²) < 4.78 is 5.42. The lowest BCUT2D eigenvalue weighted by atomic mass is 10.1. The second-order valence-electron chi connectivity index (χ2n) is 6.48. The molecule has 20 heavy (non-hydrogen) atoms. The number of carbonyl (C=O) groups excluding carboxylic acids is 1. The highest BCUT2D eigenvalue weighted by molar-refractivity contribution is 5.68. The molecule has 0 aromatic carbocycles. The Morgan fingerprint density at radius 3 is 2.70 bits per heavy atom. The molecule has 1 atom stereocenters. The summed E-state index contributed by atoms with van der Waals surface area (Å²) in [5.74, 6) is 0. The first-order chi connectivity index (χ1) is 9.42. The highest BCUT2D eigenvalue weighted by Gasteiger charge is 2.24. The number of hydrogen-bond acceptors (Lipinski definition) is 4. The Hall–Kier alpha value is -0.810. The van der Waals surface area contributed by atoms with Gasteiger partial charge < -0.3 is 20.1 Å². The van der Waals surface area contributed by atoms with Crippen LogP contribution in [0.5, 0.6) is 0 Å². The number of nitrogens with zero attached hydrogens (tertiary/aromatic N) is 1. The minimum Gasteiger partial charge on any atom is -0.444 e. The van der Waals surface area contributed by atoms with Crippen molar-refractivity contribution in [3.05, 3.63) is 0 Å². The Kier molecular flexibility index (Phi) is 7.30. The molecule has 1 saturated heterocycles. The fraction of sp³-hybridized carbons (Fsp3) is 0.933. The zero-order valence-electron chi connectivity index (χ0n) is 13.2. The number of nitrogens with one attached hydrogen (secondary N) is 1. The molecule has 1 aliphatic rings. The SMILES string of the molecule is CC(C)(C)OC(=O)N1CCCC(NCCCCO)CC1. The molecule has 5 nitrogen and oxygen atoms in total. The maximum absolute atomic E-state index is 12.0. The van der Waals surface area contributed by atoms with E-state index in [4.69, 9.17) is 9.84 Å². The quantitative estimate of drug-likeness (QED) is 0.760. The van der Waals surface area contributed by atoms with E-state index in [9.17, 15) is 4.79 Å². The number of unbranched alkanes of at least 4 members (excludes halogenated alkanes) is 1. The van der Waals surface area contributed by atoms with Crippen LogP contribution in [0.2, 0.25) is 0 Å². The summed E-state index contributed by atoms with van der Waals surface area (Å²) in [6, 6.07) is 0.473. The van der Waals surface area contributed by atoms with Gasteiger partial charge in [-0.2, -0.15) is 0 Å². The minimum absolute atomic E-state index is 0.196. The van der Waals surface area contributed by atoms with Gasteiger partial charge in [0.05, 0.1) is 0 Å². The van der Waals surface area contributed by atoms with E-state index in [-0.39, 0.29) is 12.7 Å². The fourth-order valence-corrected chi connectivity index (χ4v) is 2.35. The van der Waals surface area contributed by atoms with Crippen LogP contribution >= 0.6 is 0 Å². The van der Waals surface area contributed by atoms with Crippen molar-refractivity contribution in [1.29, 1.82) is 0 Å². The van der Waals surface area contributed by atoms with Crippen molar-refractivity contribution in [1.82, 2.24) is 10.2 Å². The van der Waals surface area contributed by atoms with Crippen molar-refractivity contribution in [3.63, 3.8) is 0 Å². The van der Waals surface area contributed by atoms with E-state index in [0.717, 1.165) is 51.7 Å². The molecule has 0 saturated carbocycles. The monoisotopic (exact) mass is 286 g/mol. The summed E-state index contributed by atoms with van der Waals surface area (Å²) >= 11 is 0. The minimum atomic E-state index is -0.425. The number of hydrogen-bond donors (Lipinski definition) is 2. The van der Waals surface area contributed by atoms with Gasteiger partial charge in [0.1, 0.15) is 5.60 Å². The van der Waals surface area contributed by atoms with Gasteiger partial charge in [0, 0.05) is 25.7 Å². The van der Waals surface area contributed by atoms with Gasteiger partial charge in [-0.1, -0.05) is 0 Å². The Morgan fingerprint density at radius 2 is 2.05 bits per heavy atom. The van der Waals surface area contributed by atoms with Gasteiger partial charge in [-0.15, -0.1) is 0 Å². The van der Waals surface area contributed by atoms with Crippen molar-refractivity contribution in [2.24, 2.45) is 0 Å². The molecule has 0 aromatic rings. The molecule has 1 heterocycles. The Morgan fingerprint density at radius 1 is 1.30 bits per heavy atom. The molecule has 1 fully saturated rings. The van der Waals surface area contributed by atoms with Crippen LogP contribution in [0.25, 0.3) is 0 Å². The largest absolute Gasteiger partial charge is 0.444 e. The molecule has 0 spiro atoms. The number of amides is 1. The molecule has 2 N–H and O–H groups in total. The van der Waals surface area contributed by atoms with Gasteiger partial charge in [0.15, 0.2) is 0 Å². The smallest absolute Gasteiger partial charge is 0.410 e. The number of carbonyl (C=O) groups is 1. The van der Waals surface area contributed by atoms with Crippen LogP contribution in [0.3, 0.4) is 0 Å². The van der Waals surface area contributed by atoms with Crippen LogP contribution in [-0.2, 0) is 4.74 Å². The van der Waals surface area contributed by atoms with Crippen molar-refractivity contribution in [2.75, 3.05) is 26.2 Å². The van der Waals surface area contributed by atoms with Crippen LogP contribution in [0.4, 0.5) is 4.79 Å². The summed E-state index contributed by atoms with van der Waals surface area (Å²) in [7, 11) is 0. The van der Waals surface area contributed by atoms with Crippen LogP contribution in [-0.4, -0.2) is 54.0 Å². The Bertz CT molecular complexity index is 289. The zero-order valence-corrected chi connectivity index (χ0v) is 13.2. The van der Waals surface area contributed by atoms with Crippen molar-refractivity contribution < 1.29 is 14.6 Å². The first kappa shape index (κ1) is 17.2. The molecule has 0 radical (unpaired) electrons. The summed E-state index contributed by atoms with van der Waals surface area (Å²) in [6.45, 7) is 8.43. The van der Waals surface area contributed by atoms with E-state index >= 15 is 0 Å². The maximum Gasteiger partial charge on any atom is 0.410 e.